The fourth-order valence-electron chi connectivity index (χ4n) is 7.56. The van der Waals surface area contributed by atoms with E-state index >= 15 is 0 Å². The number of hydrogen-bond donors (Lipinski definition) is 1. The highest BCUT2D eigenvalue weighted by atomic mass is 32.1. The molecule has 0 fully saturated rings. The second-order valence-corrected chi connectivity index (χ2v) is 16.0. The lowest BCUT2D eigenvalue weighted by atomic mass is 9.90. The van der Waals surface area contributed by atoms with Crippen molar-refractivity contribution in [2.24, 2.45) is 0 Å². The van der Waals surface area contributed by atoms with Gasteiger partial charge in [-0.3, -0.25) is 0 Å². The first-order chi connectivity index (χ1) is 26.1. The average Bonchev–Trinajstić information content (AvgIpc) is 3.78. The summed E-state index contributed by atoms with van der Waals surface area (Å²) in [5, 5.41) is 6.29. The Morgan fingerprint density at radius 2 is 1.08 bits per heavy atom. The molecular weight excluding hydrogens is 681 g/mol. The number of nitrogen functional groups attached to an aromatic ring is 1. The lowest BCUT2D eigenvalue weighted by Gasteiger charge is -2.15. The zero-order chi connectivity index (χ0) is 35.5. The van der Waals surface area contributed by atoms with E-state index in [2.05, 4.69) is 159 Å². The smallest absolute Gasteiger partial charge is 0.0944 e. The van der Waals surface area contributed by atoms with Gasteiger partial charge < -0.3 is 5.73 Å². The third-order valence-electron chi connectivity index (χ3n) is 10.5. The molecule has 0 amide bonds. The summed E-state index contributed by atoms with van der Waals surface area (Å²) >= 11 is 3.72. The van der Waals surface area contributed by atoms with Crippen molar-refractivity contribution in [2.45, 2.75) is 12.8 Å². The van der Waals surface area contributed by atoms with Gasteiger partial charge in [0.1, 0.15) is 0 Å². The third-order valence-corrected chi connectivity index (χ3v) is 12.8. The lowest BCUT2D eigenvalue weighted by molar-refractivity contribution is 0.974. The first kappa shape index (κ1) is 31.6. The number of rotatable bonds is 6. The molecule has 10 rings (SSSR count). The van der Waals surface area contributed by atoms with Crippen molar-refractivity contribution in [1.29, 1.82) is 0 Å². The van der Waals surface area contributed by atoms with Gasteiger partial charge in [0.2, 0.25) is 0 Å². The summed E-state index contributed by atoms with van der Waals surface area (Å²) in [5.41, 5.74) is 17.5. The molecule has 0 aliphatic carbocycles. The number of benzene rings is 7. The van der Waals surface area contributed by atoms with Crippen molar-refractivity contribution in [1.82, 2.24) is 4.98 Å². The fraction of sp³-hybridized carbons (Fsp3) is 0.0408. The Labute approximate surface area is 316 Å². The number of pyridine rings is 1. The highest BCUT2D eigenvalue weighted by Gasteiger charge is 2.14. The molecule has 3 aromatic heterocycles. The Balaban J connectivity index is 1.07. The minimum atomic E-state index is 0.129. The van der Waals surface area contributed by atoms with Crippen molar-refractivity contribution in [2.75, 3.05) is 5.73 Å². The highest BCUT2D eigenvalue weighted by molar-refractivity contribution is 7.26. The molecule has 10 aromatic rings. The van der Waals surface area contributed by atoms with Crippen molar-refractivity contribution in [3.8, 4) is 33.5 Å². The summed E-state index contributed by atoms with van der Waals surface area (Å²) in [5.74, 6) is 0.129. The number of anilines is 1. The molecule has 1 atom stereocenters. The average molecular weight is 715 g/mol. The second kappa shape index (κ2) is 12.9. The van der Waals surface area contributed by atoms with E-state index in [9.17, 15) is 0 Å². The standard InChI is InChI=1S/C49H34N2S2/c1-30(15-16-32-17-18-33-19-22-43(51-49(33)48(32)50)31-9-3-2-4-10-31)36-25-37(34-20-23-46-41(28-34)39-11-5-7-13-44(39)52-46)27-38(26-36)35-21-24-47-42(29-35)40-12-6-8-14-45(40)53-47/h2-30H,50H2,1H3/b16-15-. The summed E-state index contributed by atoms with van der Waals surface area (Å²) in [6.07, 6.45) is 4.43. The van der Waals surface area contributed by atoms with E-state index in [-0.39, 0.29) is 5.92 Å². The van der Waals surface area contributed by atoms with Gasteiger partial charge in [-0.15, -0.1) is 22.7 Å². The summed E-state index contributed by atoms with van der Waals surface area (Å²) in [6.45, 7) is 2.27. The maximum atomic E-state index is 6.83. The normalized spacial score (nSPS) is 12.5. The van der Waals surface area contributed by atoms with Crippen LogP contribution in [-0.4, -0.2) is 4.98 Å². The monoisotopic (exact) mass is 714 g/mol. The number of allylic oxidation sites excluding steroid dienone is 1. The van der Waals surface area contributed by atoms with E-state index in [1.807, 2.05) is 40.9 Å². The van der Waals surface area contributed by atoms with Gasteiger partial charge in [0, 0.05) is 51.3 Å². The van der Waals surface area contributed by atoms with Gasteiger partial charge in [-0.1, -0.05) is 128 Å². The summed E-state index contributed by atoms with van der Waals surface area (Å²) in [7, 11) is 0. The SMILES string of the molecule is CC(/C=C\c1ccc2ccc(-c3ccccc3)nc2c1N)c1cc(-c2ccc3sc4ccccc4c3c2)cc(-c2ccc3sc4ccccc4c3c2)c1. The van der Waals surface area contributed by atoms with Crippen LogP contribution in [-0.2, 0) is 0 Å². The molecule has 1 unspecified atom stereocenters. The van der Waals surface area contributed by atoms with Crippen LogP contribution in [0.25, 0.3) is 90.8 Å². The van der Waals surface area contributed by atoms with Gasteiger partial charge in [-0.05, 0) is 87.8 Å². The summed E-state index contributed by atoms with van der Waals surface area (Å²) in [6, 6.07) is 57.1. The third kappa shape index (κ3) is 5.68. The van der Waals surface area contributed by atoms with E-state index in [0.29, 0.717) is 5.69 Å². The van der Waals surface area contributed by atoms with E-state index in [4.69, 9.17) is 10.7 Å². The van der Waals surface area contributed by atoms with Crippen LogP contribution in [0.2, 0.25) is 0 Å². The molecule has 0 saturated carbocycles. The number of nitrogens with zero attached hydrogens (tertiary/aromatic N) is 1. The van der Waals surface area contributed by atoms with Gasteiger partial charge in [-0.25, -0.2) is 4.98 Å². The van der Waals surface area contributed by atoms with Crippen LogP contribution >= 0.6 is 22.7 Å². The summed E-state index contributed by atoms with van der Waals surface area (Å²) < 4.78 is 5.28. The molecule has 0 aliphatic rings. The zero-order valence-electron chi connectivity index (χ0n) is 29.1. The first-order valence-electron chi connectivity index (χ1n) is 18.0. The van der Waals surface area contributed by atoms with Gasteiger partial charge in [0.05, 0.1) is 16.9 Å². The Kier molecular flexibility index (Phi) is 7.68. The van der Waals surface area contributed by atoms with Gasteiger partial charge >= 0.3 is 0 Å². The minimum Gasteiger partial charge on any atom is -0.396 e. The van der Waals surface area contributed by atoms with Crippen molar-refractivity contribution in [3.63, 3.8) is 0 Å². The molecule has 252 valence electrons. The van der Waals surface area contributed by atoms with Crippen LogP contribution in [0, 0.1) is 0 Å². The number of hydrogen-bond acceptors (Lipinski definition) is 4. The molecule has 7 aromatic carbocycles. The number of thiophene rings is 2. The largest absolute Gasteiger partial charge is 0.396 e. The fourth-order valence-corrected chi connectivity index (χ4v) is 9.73. The number of aromatic nitrogens is 1. The topological polar surface area (TPSA) is 38.9 Å². The molecule has 53 heavy (non-hydrogen) atoms. The van der Waals surface area contributed by atoms with E-state index in [1.54, 1.807) is 0 Å². The zero-order valence-corrected chi connectivity index (χ0v) is 30.7. The van der Waals surface area contributed by atoms with Crippen LogP contribution in [0.1, 0.15) is 24.0 Å². The Hall–Kier alpha value is -6.07. The minimum absolute atomic E-state index is 0.129. The number of nitrogens with two attached hydrogens (primary N) is 1. The molecule has 0 bridgehead atoms. The van der Waals surface area contributed by atoms with Gasteiger partial charge in [0.15, 0.2) is 0 Å². The predicted octanol–water partition coefficient (Wildman–Crippen LogP) is 14.4. The van der Waals surface area contributed by atoms with Crippen LogP contribution in [0.4, 0.5) is 5.69 Å². The van der Waals surface area contributed by atoms with Crippen LogP contribution in [0.3, 0.4) is 0 Å². The lowest BCUT2D eigenvalue weighted by Crippen LogP contribution is -1.96. The van der Waals surface area contributed by atoms with E-state index in [0.717, 1.165) is 27.7 Å². The molecule has 3 heterocycles. The van der Waals surface area contributed by atoms with E-state index < -0.39 is 0 Å². The van der Waals surface area contributed by atoms with E-state index in [1.165, 1.54) is 68.2 Å². The molecule has 0 saturated heterocycles. The molecule has 4 heteroatoms. The molecule has 0 radical (unpaired) electrons. The van der Waals surface area contributed by atoms with Gasteiger partial charge in [0.25, 0.3) is 0 Å². The van der Waals surface area contributed by atoms with Crippen LogP contribution in [0.15, 0.2) is 164 Å². The number of fused-ring (bicyclic) bond motifs is 7. The van der Waals surface area contributed by atoms with Crippen LogP contribution in [0.5, 0.6) is 0 Å². The Bertz CT molecular complexity index is 2910. The molecular formula is C49H34N2S2. The molecule has 0 spiro atoms. The quantitative estimate of drug-likeness (QED) is 0.174. The first-order valence-corrected chi connectivity index (χ1v) is 19.6. The Morgan fingerprint density at radius 1 is 0.509 bits per heavy atom. The second-order valence-electron chi connectivity index (χ2n) is 13.8. The van der Waals surface area contributed by atoms with Gasteiger partial charge in [-0.2, -0.15) is 0 Å². The molecule has 2 nitrogen and oxygen atoms in total. The maximum absolute atomic E-state index is 6.83. The molecule has 0 aliphatic heterocycles. The molecule has 2 N–H and O–H groups in total. The van der Waals surface area contributed by atoms with Crippen molar-refractivity contribution < 1.29 is 0 Å². The summed E-state index contributed by atoms with van der Waals surface area (Å²) in [4.78, 5) is 5.00. The predicted molar refractivity (Wildman–Crippen MR) is 232 cm³/mol. The maximum Gasteiger partial charge on any atom is 0.0944 e. The van der Waals surface area contributed by atoms with Crippen LogP contribution < -0.4 is 5.73 Å². The van der Waals surface area contributed by atoms with Crippen molar-refractivity contribution >= 4 is 85.7 Å². The van der Waals surface area contributed by atoms with Crippen molar-refractivity contribution in [3.05, 3.63) is 175 Å². The Morgan fingerprint density at radius 3 is 1.72 bits per heavy atom. The highest BCUT2D eigenvalue weighted by Crippen LogP contribution is 2.40.